The van der Waals surface area contributed by atoms with E-state index >= 15 is 0 Å². The molecule has 0 bridgehead atoms. The Morgan fingerprint density at radius 2 is 2.25 bits per heavy atom. The molecule has 90 valence electrons. The zero-order valence-electron chi connectivity index (χ0n) is 10.1. The summed E-state index contributed by atoms with van der Waals surface area (Å²) < 4.78 is 0. The molecule has 1 heterocycles. The van der Waals surface area contributed by atoms with Gasteiger partial charge in [-0.1, -0.05) is 26.8 Å². The molecule has 0 saturated carbocycles. The van der Waals surface area contributed by atoms with E-state index in [1.54, 1.807) is 11.3 Å². The molecule has 16 heavy (non-hydrogen) atoms. The molecule has 0 aromatic carbocycles. The van der Waals surface area contributed by atoms with Gasteiger partial charge >= 0.3 is 0 Å². The SMILES string of the molecule is CC(C)(C)C(CN)NC(=O)Cc1cccs1. The molecular formula is C12H20N2OS. The second-order valence-corrected chi connectivity index (χ2v) is 6.01. The van der Waals surface area contributed by atoms with Crippen LogP contribution in [0.2, 0.25) is 0 Å². The lowest BCUT2D eigenvalue weighted by molar-refractivity contribution is -0.121. The number of hydrogen-bond donors (Lipinski definition) is 2. The normalized spacial score (nSPS) is 13.5. The molecule has 0 aliphatic carbocycles. The molecule has 1 aromatic heterocycles. The van der Waals surface area contributed by atoms with Crippen LogP contribution in [0.25, 0.3) is 0 Å². The van der Waals surface area contributed by atoms with Gasteiger partial charge in [-0.15, -0.1) is 11.3 Å². The van der Waals surface area contributed by atoms with Crippen molar-refractivity contribution in [3.8, 4) is 0 Å². The van der Waals surface area contributed by atoms with Crippen molar-refractivity contribution in [2.45, 2.75) is 33.2 Å². The van der Waals surface area contributed by atoms with Gasteiger partial charge in [0.15, 0.2) is 0 Å². The van der Waals surface area contributed by atoms with Gasteiger partial charge in [0.05, 0.1) is 6.42 Å². The Morgan fingerprint density at radius 1 is 1.56 bits per heavy atom. The van der Waals surface area contributed by atoms with E-state index in [2.05, 4.69) is 26.1 Å². The lowest BCUT2D eigenvalue weighted by atomic mass is 9.86. The Bertz CT molecular complexity index is 327. The third-order valence-corrected chi connectivity index (χ3v) is 3.41. The summed E-state index contributed by atoms with van der Waals surface area (Å²) in [6, 6.07) is 3.95. The Balaban J connectivity index is 2.50. The average molecular weight is 240 g/mol. The molecule has 0 aliphatic heterocycles. The molecule has 0 saturated heterocycles. The van der Waals surface area contributed by atoms with Crippen molar-refractivity contribution in [3.05, 3.63) is 22.4 Å². The quantitative estimate of drug-likeness (QED) is 0.843. The van der Waals surface area contributed by atoms with Crippen molar-refractivity contribution >= 4 is 17.2 Å². The molecule has 1 unspecified atom stereocenters. The summed E-state index contributed by atoms with van der Waals surface area (Å²) in [6.07, 6.45) is 0.449. The van der Waals surface area contributed by atoms with Gasteiger partial charge in [0, 0.05) is 17.5 Å². The Hall–Kier alpha value is -0.870. The third-order valence-electron chi connectivity index (χ3n) is 2.53. The van der Waals surface area contributed by atoms with Gasteiger partial charge in [0.2, 0.25) is 5.91 Å². The maximum atomic E-state index is 11.8. The van der Waals surface area contributed by atoms with Gasteiger partial charge in [0.25, 0.3) is 0 Å². The van der Waals surface area contributed by atoms with Crippen LogP contribution in [-0.4, -0.2) is 18.5 Å². The number of nitrogens with one attached hydrogen (secondary N) is 1. The van der Waals surface area contributed by atoms with Crippen LogP contribution in [0.3, 0.4) is 0 Å². The number of carbonyl (C=O) groups is 1. The Morgan fingerprint density at radius 3 is 2.69 bits per heavy atom. The first-order valence-corrected chi connectivity index (χ1v) is 6.33. The molecule has 4 heteroatoms. The van der Waals surface area contributed by atoms with Crippen molar-refractivity contribution < 1.29 is 4.79 Å². The highest BCUT2D eigenvalue weighted by Crippen LogP contribution is 2.18. The van der Waals surface area contributed by atoms with E-state index in [1.807, 2.05) is 17.5 Å². The minimum absolute atomic E-state index is 0.000139. The van der Waals surface area contributed by atoms with Gasteiger partial charge in [-0.3, -0.25) is 4.79 Å². The fraction of sp³-hybridized carbons (Fsp3) is 0.583. The van der Waals surface area contributed by atoms with Crippen LogP contribution in [0.4, 0.5) is 0 Å². The molecule has 1 atom stereocenters. The maximum absolute atomic E-state index is 11.8. The zero-order valence-corrected chi connectivity index (χ0v) is 10.9. The molecule has 0 spiro atoms. The first-order chi connectivity index (χ1) is 7.43. The lowest BCUT2D eigenvalue weighted by Gasteiger charge is -2.30. The minimum atomic E-state index is -0.000139. The number of thiophene rings is 1. The first-order valence-electron chi connectivity index (χ1n) is 5.45. The van der Waals surface area contributed by atoms with E-state index in [0.717, 1.165) is 4.88 Å². The molecule has 1 amide bonds. The summed E-state index contributed by atoms with van der Waals surface area (Å²) in [6.45, 7) is 6.71. The van der Waals surface area contributed by atoms with Crippen LogP contribution in [-0.2, 0) is 11.2 Å². The highest BCUT2D eigenvalue weighted by Gasteiger charge is 2.24. The van der Waals surface area contributed by atoms with Crippen LogP contribution < -0.4 is 11.1 Å². The third kappa shape index (κ3) is 3.94. The van der Waals surface area contributed by atoms with E-state index in [1.165, 1.54) is 0 Å². The fourth-order valence-corrected chi connectivity index (χ4v) is 2.15. The number of hydrogen-bond acceptors (Lipinski definition) is 3. The highest BCUT2D eigenvalue weighted by atomic mass is 32.1. The standard InChI is InChI=1S/C12H20N2OS/c1-12(2,3)10(8-13)14-11(15)7-9-5-4-6-16-9/h4-6,10H,7-8,13H2,1-3H3,(H,14,15). The van der Waals surface area contributed by atoms with Gasteiger partial charge in [-0.2, -0.15) is 0 Å². The number of carbonyl (C=O) groups excluding carboxylic acids is 1. The van der Waals surface area contributed by atoms with Crippen LogP contribution in [0.15, 0.2) is 17.5 Å². The topological polar surface area (TPSA) is 55.1 Å². The molecule has 0 aliphatic rings. The van der Waals surface area contributed by atoms with E-state index < -0.39 is 0 Å². The monoisotopic (exact) mass is 240 g/mol. The summed E-state index contributed by atoms with van der Waals surface area (Å²) >= 11 is 1.60. The molecule has 3 N–H and O–H groups in total. The van der Waals surface area contributed by atoms with Crippen LogP contribution in [0.5, 0.6) is 0 Å². The molecule has 1 aromatic rings. The predicted molar refractivity (Wildman–Crippen MR) is 68.5 cm³/mol. The number of rotatable bonds is 4. The van der Waals surface area contributed by atoms with Crippen molar-refractivity contribution in [1.82, 2.24) is 5.32 Å². The van der Waals surface area contributed by atoms with Gasteiger partial charge in [-0.05, 0) is 16.9 Å². The summed E-state index contributed by atoms with van der Waals surface area (Å²) in [5.74, 6) is 0.0489. The van der Waals surface area contributed by atoms with Crippen molar-refractivity contribution in [1.29, 1.82) is 0 Å². The lowest BCUT2D eigenvalue weighted by Crippen LogP contribution is -2.48. The van der Waals surface area contributed by atoms with E-state index in [4.69, 9.17) is 5.73 Å². The number of nitrogens with two attached hydrogens (primary N) is 1. The van der Waals surface area contributed by atoms with Crippen LogP contribution in [0.1, 0.15) is 25.6 Å². The second-order valence-electron chi connectivity index (χ2n) is 4.98. The van der Waals surface area contributed by atoms with E-state index in [0.29, 0.717) is 13.0 Å². The molecule has 0 fully saturated rings. The summed E-state index contributed by atoms with van der Waals surface area (Å²) in [7, 11) is 0. The maximum Gasteiger partial charge on any atom is 0.225 e. The second kappa shape index (κ2) is 5.46. The summed E-state index contributed by atoms with van der Waals surface area (Å²) in [4.78, 5) is 12.9. The first kappa shape index (κ1) is 13.2. The van der Waals surface area contributed by atoms with E-state index in [9.17, 15) is 4.79 Å². The Kier molecular flexibility index (Phi) is 4.50. The van der Waals surface area contributed by atoms with Crippen molar-refractivity contribution in [3.63, 3.8) is 0 Å². The smallest absolute Gasteiger partial charge is 0.225 e. The molecule has 1 rings (SSSR count). The predicted octanol–water partition coefficient (Wildman–Crippen LogP) is 1.78. The molecular weight excluding hydrogens is 220 g/mol. The van der Waals surface area contributed by atoms with Crippen LogP contribution >= 0.6 is 11.3 Å². The minimum Gasteiger partial charge on any atom is -0.351 e. The molecule has 0 radical (unpaired) electrons. The van der Waals surface area contributed by atoms with Gasteiger partial charge in [-0.25, -0.2) is 0 Å². The van der Waals surface area contributed by atoms with Crippen molar-refractivity contribution in [2.75, 3.05) is 6.54 Å². The Labute approximate surface area is 101 Å². The fourth-order valence-electron chi connectivity index (χ4n) is 1.45. The van der Waals surface area contributed by atoms with Crippen molar-refractivity contribution in [2.24, 2.45) is 11.1 Å². The number of amides is 1. The summed E-state index contributed by atoms with van der Waals surface area (Å²) in [5, 5.41) is 4.97. The van der Waals surface area contributed by atoms with Gasteiger partial charge in [0.1, 0.15) is 0 Å². The van der Waals surface area contributed by atoms with Gasteiger partial charge < -0.3 is 11.1 Å². The van der Waals surface area contributed by atoms with Crippen LogP contribution in [0, 0.1) is 5.41 Å². The highest BCUT2D eigenvalue weighted by molar-refractivity contribution is 7.10. The van der Waals surface area contributed by atoms with E-state index in [-0.39, 0.29) is 17.4 Å². The largest absolute Gasteiger partial charge is 0.351 e. The zero-order chi connectivity index (χ0) is 12.2. The summed E-state index contributed by atoms with van der Waals surface area (Å²) in [5.41, 5.74) is 5.67. The molecule has 3 nitrogen and oxygen atoms in total. The average Bonchev–Trinajstić information content (AvgIpc) is 2.64.